The van der Waals surface area contributed by atoms with Crippen molar-refractivity contribution < 1.29 is 9.50 Å². The average molecular weight is 366 g/mol. The zero-order valence-electron chi connectivity index (χ0n) is 15.7. The normalized spacial score (nSPS) is 11.1. The van der Waals surface area contributed by atoms with Gasteiger partial charge in [0.25, 0.3) is 5.56 Å². The van der Waals surface area contributed by atoms with E-state index in [-0.39, 0.29) is 35.0 Å². The molecule has 1 N–H and O–H groups in total. The number of aromatic nitrogens is 2. The first kappa shape index (κ1) is 18.8. The molecule has 140 valence electrons. The summed E-state index contributed by atoms with van der Waals surface area (Å²) in [5.41, 5.74) is 2.13. The zero-order valence-corrected chi connectivity index (χ0v) is 15.7. The molecule has 3 rings (SSSR count). The Labute approximate surface area is 157 Å². The number of hydrogen-bond acceptors (Lipinski definition) is 3. The van der Waals surface area contributed by atoms with Gasteiger partial charge >= 0.3 is 0 Å². The van der Waals surface area contributed by atoms with Gasteiger partial charge in [-0.15, -0.1) is 0 Å². The van der Waals surface area contributed by atoms with Gasteiger partial charge in [0.2, 0.25) is 0 Å². The van der Waals surface area contributed by atoms with E-state index in [0.717, 1.165) is 5.56 Å². The van der Waals surface area contributed by atoms with E-state index >= 15 is 0 Å². The van der Waals surface area contributed by atoms with Crippen LogP contribution in [0.1, 0.15) is 30.7 Å². The summed E-state index contributed by atoms with van der Waals surface area (Å²) >= 11 is 0. The maximum atomic E-state index is 14.1. The van der Waals surface area contributed by atoms with Crippen molar-refractivity contribution in [3.05, 3.63) is 81.5 Å². The molecular weight excluding hydrogens is 343 g/mol. The third-order valence-corrected chi connectivity index (χ3v) is 4.47. The number of aromatic hydroxyl groups is 1. The van der Waals surface area contributed by atoms with Crippen molar-refractivity contribution in [1.82, 2.24) is 9.78 Å². The van der Waals surface area contributed by atoms with Crippen LogP contribution < -0.4 is 5.56 Å². The first-order valence-corrected chi connectivity index (χ1v) is 9.00. The smallest absolute Gasteiger partial charge is 0.278 e. The number of benzene rings is 2. The highest BCUT2D eigenvalue weighted by Gasteiger charge is 2.21. The Balaban J connectivity index is 2.22. The standard InChI is InChI=1S/C22H23FN2O2/c1-14(2)13-25-22(27)20(17-10-6-4-8-15(17)3)21(26)19(24-25)12-16-9-5-7-11-18(16)23/h4-11,14,26H,12-13H2,1-3H3. The predicted octanol–water partition coefficient (Wildman–Crippen LogP) is 4.31. The van der Waals surface area contributed by atoms with Crippen molar-refractivity contribution in [2.24, 2.45) is 5.92 Å². The monoisotopic (exact) mass is 366 g/mol. The molecule has 0 saturated heterocycles. The Morgan fingerprint density at radius 1 is 1.11 bits per heavy atom. The van der Waals surface area contributed by atoms with Gasteiger partial charge in [-0.05, 0) is 35.6 Å². The lowest BCUT2D eigenvalue weighted by Gasteiger charge is -2.16. The predicted molar refractivity (Wildman–Crippen MR) is 104 cm³/mol. The van der Waals surface area contributed by atoms with E-state index in [4.69, 9.17) is 0 Å². The minimum atomic E-state index is -0.363. The summed E-state index contributed by atoms with van der Waals surface area (Å²) in [6.07, 6.45) is 0.107. The maximum absolute atomic E-state index is 14.1. The van der Waals surface area contributed by atoms with Crippen molar-refractivity contribution >= 4 is 0 Å². The molecule has 0 atom stereocenters. The molecule has 0 aliphatic carbocycles. The largest absolute Gasteiger partial charge is 0.505 e. The molecule has 1 aromatic heterocycles. The minimum Gasteiger partial charge on any atom is -0.505 e. The van der Waals surface area contributed by atoms with E-state index in [1.165, 1.54) is 10.7 Å². The lowest BCUT2D eigenvalue weighted by atomic mass is 9.99. The van der Waals surface area contributed by atoms with E-state index in [9.17, 15) is 14.3 Å². The minimum absolute atomic E-state index is 0.107. The molecule has 0 saturated carbocycles. The summed E-state index contributed by atoms with van der Waals surface area (Å²) in [6.45, 7) is 6.29. The van der Waals surface area contributed by atoms with Crippen molar-refractivity contribution in [2.75, 3.05) is 0 Å². The highest BCUT2D eigenvalue weighted by molar-refractivity contribution is 5.72. The van der Waals surface area contributed by atoms with Crippen molar-refractivity contribution in [2.45, 2.75) is 33.7 Å². The van der Waals surface area contributed by atoms with Gasteiger partial charge in [0.15, 0.2) is 5.75 Å². The van der Waals surface area contributed by atoms with Crippen molar-refractivity contribution in [3.63, 3.8) is 0 Å². The second kappa shape index (κ2) is 7.74. The molecule has 0 aliphatic rings. The fourth-order valence-corrected chi connectivity index (χ4v) is 3.12. The lowest BCUT2D eigenvalue weighted by molar-refractivity contribution is 0.427. The summed E-state index contributed by atoms with van der Waals surface area (Å²) < 4.78 is 15.5. The molecule has 0 radical (unpaired) electrons. The zero-order chi connectivity index (χ0) is 19.6. The van der Waals surface area contributed by atoms with Crippen LogP contribution >= 0.6 is 0 Å². The summed E-state index contributed by atoms with van der Waals surface area (Å²) in [5.74, 6) is -0.346. The van der Waals surface area contributed by atoms with Gasteiger partial charge in [0.05, 0.1) is 5.56 Å². The van der Waals surface area contributed by atoms with Crippen molar-refractivity contribution in [3.8, 4) is 16.9 Å². The Morgan fingerprint density at radius 3 is 2.44 bits per heavy atom. The number of hydrogen-bond donors (Lipinski definition) is 1. The van der Waals surface area contributed by atoms with Crippen LogP contribution in [0, 0.1) is 18.7 Å². The molecule has 5 heteroatoms. The number of nitrogens with zero attached hydrogens (tertiary/aromatic N) is 2. The Morgan fingerprint density at radius 2 is 1.78 bits per heavy atom. The third kappa shape index (κ3) is 3.92. The number of halogens is 1. The van der Waals surface area contributed by atoms with Gasteiger partial charge in [-0.2, -0.15) is 5.10 Å². The van der Waals surface area contributed by atoms with E-state index in [2.05, 4.69) is 5.10 Å². The number of aryl methyl sites for hydroxylation is 1. The molecule has 0 amide bonds. The summed E-state index contributed by atoms with van der Waals surface area (Å²) in [6, 6.07) is 13.8. The molecule has 3 aromatic rings. The van der Waals surface area contributed by atoms with Gasteiger partial charge < -0.3 is 5.11 Å². The van der Waals surface area contributed by atoms with Crippen LogP contribution in [0.25, 0.3) is 11.1 Å². The molecule has 2 aromatic carbocycles. The van der Waals surface area contributed by atoms with Crippen LogP contribution in [0.4, 0.5) is 4.39 Å². The van der Waals surface area contributed by atoms with E-state index in [1.807, 2.05) is 39.0 Å². The van der Waals surface area contributed by atoms with Crippen LogP contribution in [0.2, 0.25) is 0 Å². The van der Waals surface area contributed by atoms with Crippen LogP contribution in [0.5, 0.6) is 5.75 Å². The SMILES string of the molecule is Cc1ccccc1-c1c(O)c(Cc2ccccc2F)nn(CC(C)C)c1=O. The van der Waals surface area contributed by atoms with Crippen LogP contribution in [-0.4, -0.2) is 14.9 Å². The topological polar surface area (TPSA) is 55.1 Å². The van der Waals surface area contributed by atoms with Gasteiger partial charge in [0, 0.05) is 13.0 Å². The second-order valence-electron chi connectivity index (χ2n) is 7.13. The van der Waals surface area contributed by atoms with Crippen LogP contribution in [-0.2, 0) is 13.0 Å². The van der Waals surface area contributed by atoms with E-state index in [0.29, 0.717) is 23.4 Å². The average Bonchev–Trinajstić information content (AvgIpc) is 2.62. The molecule has 0 bridgehead atoms. The van der Waals surface area contributed by atoms with E-state index in [1.54, 1.807) is 24.3 Å². The van der Waals surface area contributed by atoms with Gasteiger partial charge in [-0.25, -0.2) is 9.07 Å². The van der Waals surface area contributed by atoms with E-state index < -0.39 is 0 Å². The Hall–Kier alpha value is -2.95. The summed E-state index contributed by atoms with van der Waals surface area (Å²) in [7, 11) is 0. The molecule has 0 fully saturated rings. The fourth-order valence-electron chi connectivity index (χ4n) is 3.12. The van der Waals surface area contributed by atoms with Crippen molar-refractivity contribution in [1.29, 1.82) is 0 Å². The Bertz CT molecular complexity index is 1030. The third-order valence-electron chi connectivity index (χ3n) is 4.47. The first-order valence-electron chi connectivity index (χ1n) is 9.00. The molecule has 0 spiro atoms. The molecule has 0 unspecified atom stereocenters. The highest BCUT2D eigenvalue weighted by Crippen LogP contribution is 2.31. The lowest BCUT2D eigenvalue weighted by Crippen LogP contribution is -2.28. The molecule has 4 nitrogen and oxygen atoms in total. The molecule has 27 heavy (non-hydrogen) atoms. The summed E-state index contributed by atoms with van der Waals surface area (Å²) in [5, 5.41) is 15.2. The second-order valence-corrected chi connectivity index (χ2v) is 7.13. The highest BCUT2D eigenvalue weighted by atomic mass is 19.1. The first-order chi connectivity index (χ1) is 12.9. The Kier molecular flexibility index (Phi) is 5.40. The molecule has 1 heterocycles. The van der Waals surface area contributed by atoms with Gasteiger partial charge in [-0.3, -0.25) is 4.79 Å². The number of rotatable bonds is 5. The fraction of sp³-hybridized carbons (Fsp3) is 0.273. The van der Waals surface area contributed by atoms with Gasteiger partial charge in [-0.1, -0.05) is 56.3 Å². The molecular formula is C22H23FN2O2. The quantitative estimate of drug-likeness (QED) is 0.732. The molecule has 0 aliphatic heterocycles. The van der Waals surface area contributed by atoms with Gasteiger partial charge in [0.1, 0.15) is 11.5 Å². The maximum Gasteiger partial charge on any atom is 0.278 e. The van der Waals surface area contributed by atoms with Crippen LogP contribution in [0.3, 0.4) is 0 Å². The van der Waals surface area contributed by atoms with Crippen LogP contribution in [0.15, 0.2) is 53.3 Å². The summed E-state index contributed by atoms with van der Waals surface area (Å²) in [4.78, 5) is 13.0.